The second kappa shape index (κ2) is 6.31. The number of alkyl halides is 4. The molecule has 1 aromatic carbocycles. The molecule has 1 atom stereocenters. The average Bonchev–Trinajstić information content (AvgIpc) is 2.27. The lowest BCUT2D eigenvalue weighted by molar-refractivity contribution is -0.0501. The summed E-state index contributed by atoms with van der Waals surface area (Å²) in [4.78, 5) is 11.7. The number of benzene rings is 1. The van der Waals surface area contributed by atoms with Crippen LogP contribution in [0.5, 0.6) is 5.75 Å². The molecule has 0 bridgehead atoms. The van der Waals surface area contributed by atoms with Crippen molar-refractivity contribution in [1.29, 1.82) is 0 Å². The second-order valence-corrected chi connectivity index (χ2v) is 4.54. The topological polar surface area (TPSA) is 26.3 Å². The maximum absolute atomic E-state index is 12.2. The smallest absolute Gasteiger partial charge is 0.387 e. The molecule has 0 saturated heterocycles. The second-order valence-electron chi connectivity index (χ2n) is 3.32. The first kappa shape index (κ1) is 14.4. The van der Waals surface area contributed by atoms with E-state index in [4.69, 9.17) is 11.6 Å². The van der Waals surface area contributed by atoms with E-state index in [1.807, 2.05) is 0 Å². The van der Waals surface area contributed by atoms with Crippen LogP contribution >= 0.6 is 27.5 Å². The Balaban J connectivity index is 3.16. The van der Waals surface area contributed by atoms with Gasteiger partial charge in [0, 0.05) is 5.33 Å². The largest absolute Gasteiger partial charge is 0.434 e. The summed E-state index contributed by atoms with van der Waals surface area (Å²) >= 11 is 8.88. The number of ketones is 1. The summed E-state index contributed by atoms with van der Waals surface area (Å²) in [6, 6.07) is 4.44. The van der Waals surface area contributed by atoms with Crippen LogP contribution in [0.25, 0.3) is 0 Å². The zero-order valence-electron chi connectivity index (χ0n) is 8.92. The molecule has 0 radical (unpaired) electrons. The van der Waals surface area contributed by atoms with Gasteiger partial charge in [0.1, 0.15) is 5.75 Å². The normalized spacial score (nSPS) is 12.6. The van der Waals surface area contributed by atoms with Crippen LogP contribution in [0, 0.1) is 0 Å². The number of carbonyl (C=O) groups excluding carboxylic acids is 1. The minimum absolute atomic E-state index is 0.0738. The molecular weight excluding hydrogens is 317 g/mol. The number of Topliss-reactive ketones (excluding diaryl/α,β-unsaturated/α-hetero) is 1. The molecule has 0 heterocycles. The molecule has 2 nitrogen and oxygen atoms in total. The Hall–Kier alpha value is -0.680. The van der Waals surface area contributed by atoms with Gasteiger partial charge in [-0.2, -0.15) is 8.78 Å². The summed E-state index contributed by atoms with van der Waals surface area (Å²) in [6.45, 7) is -1.49. The predicted molar refractivity (Wildman–Crippen MR) is 65.4 cm³/mol. The molecule has 6 heteroatoms. The van der Waals surface area contributed by atoms with Gasteiger partial charge < -0.3 is 4.74 Å². The lowest BCUT2D eigenvalue weighted by Crippen LogP contribution is -2.14. The van der Waals surface area contributed by atoms with Crippen molar-refractivity contribution < 1.29 is 18.3 Å². The third kappa shape index (κ3) is 3.92. The Bertz CT molecular complexity index is 410. The Morgan fingerprint density at radius 2 is 2.18 bits per heavy atom. The SMILES string of the molecule is CC(Cl)C(=O)c1cc(CBr)ccc1OC(F)F. The maximum atomic E-state index is 12.2. The van der Waals surface area contributed by atoms with Gasteiger partial charge in [-0.1, -0.05) is 22.0 Å². The third-order valence-electron chi connectivity index (χ3n) is 2.04. The van der Waals surface area contributed by atoms with E-state index in [0.717, 1.165) is 5.56 Å². The van der Waals surface area contributed by atoms with E-state index in [2.05, 4.69) is 20.7 Å². The van der Waals surface area contributed by atoms with Gasteiger partial charge in [0.25, 0.3) is 0 Å². The highest BCUT2D eigenvalue weighted by Gasteiger charge is 2.19. The number of carbonyl (C=O) groups is 1. The summed E-state index contributed by atoms with van der Waals surface area (Å²) in [5.74, 6) is -0.590. The maximum Gasteiger partial charge on any atom is 0.387 e. The molecule has 0 aliphatic rings. The van der Waals surface area contributed by atoms with Gasteiger partial charge in [0.15, 0.2) is 5.78 Å². The van der Waals surface area contributed by atoms with Gasteiger partial charge in [-0.3, -0.25) is 4.79 Å². The number of rotatable bonds is 5. The Labute approximate surface area is 111 Å². The van der Waals surface area contributed by atoms with Gasteiger partial charge in [0.2, 0.25) is 0 Å². The van der Waals surface area contributed by atoms with Gasteiger partial charge in [0.05, 0.1) is 10.9 Å². The third-order valence-corrected chi connectivity index (χ3v) is 2.89. The van der Waals surface area contributed by atoms with Crippen molar-refractivity contribution >= 4 is 33.3 Å². The molecule has 0 amide bonds. The number of halogens is 4. The van der Waals surface area contributed by atoms with Crippen molar-refractivity contribution in [2.75, 3.05) is 0 Å². The van der Waals surface area contributed by atoms with Gasteiger partial charge in [-0.15, -0.1) is 11.6 Å². The van der Waals surface area contributed by atoms with Crippen molar-refractivity contribution in [2.45, 2.75) is 24.2 Å². The molecule has 0 N–H and O–H groups in total. The van der Waals surface area contributed by atoms with Crippen LogP contribution in [-0.4, -0.2) is 17.8 Å². The molecule has 0 aromatic heterocycles. The molecule has 1 aromatic rings. The molecule has 0 aliphatic heterocycles. The Morgan fingerprint density at radius 3 is 2.65 bits per heavy atom. The highest BCUT2D eigenvalue weighted by molar-refractivity contribution is 9.08. The first-order chi connectivity index (χ1) is 7.95. The molecular formula is C11H10BrClF2O2. The molecule has 94 valence electrons. The molecule has 0 saturated carbocycles. The molecule has 0 spiro atoms. The van der Waals surface area contributed by atoms with E-state index in [-0.39, 0.29) is 11.3 Å². The van der Waals surface area contributed by atoms with Crippen LogP contribution in [0.4, 0.5) is 8.78 Å². The molecule has 17 heavy (non-hydrogen) atoms. The minimum Gasteiger partial charge on any atom is -0.434 e. The van der Waals surface area contributed by atoms with E-state index in [9.17, 15) is 13.6 Å². The van der Waals surface area contributed by atoms with Crippen molar-refractivity contribution in [3.63, 3.8) is 0 Å². The summed E-state index contributed by atoms with van der Waals surface area (Å²) in [6.07, 6.45) is 0. The quantitative estimate of drug-likeness (QED) is 0.604. The summed E-state index contributed by atoms with van der Waals surface area (Å²) in [5, 5.41) is -0.278. The van der Waals surface area contributed by atoms with Crippen LogP contribution in [0.3, 0.4) is 0 Å². The molecule has 1 rings (SSSR count). The van der Waals surface area contributed by atoms with Crippen molar-refractivity contribution in [1.82, 2.24) is 0 Å². The molecule has 0 fully saturated rings. The van der Waals surface area contributed by atoms with E-state index < -0.39 is 17.8 Å². The van der Waals surface area contributed by atoms with Crippen molar-refractivity contribution in [3.05, 3.63) is 29.3 Å². The minimum atomic E-state index is -2.97. The first-order valence-corrected chi connectivity index (χ1v) is 6.33. The van der Waals surface area contributed by atoms with E-state index >= 15 is 0 Å². The average molecular weight is 328 g/mol. The fourth-order valence-corrected chi connectivity index (χ4v) is 1.73. The lowest BCUT2D eigenvalue weighted by atomic mass is 10.0. The first-order valence-electron chi connectivity index (χ1n) is 4.77. The van der Waals surface area contributed by atoms with Crippen molar-refractivity contribution in [2.24, 2.45) is 0 Å². The summed E-state index contributed by atoms with van der Waals surface area (Å²) in [5.41, 5.74) is 0.858. The Morgan fingerprint density at radius 1 is 1.53 bits per heavy atom. The lowest BCUT2D eigenvalue weighted by Gasteiger charge is -2.12. The Kier molecular flexibility index (Phi) is 5.33. The fraction of sp³-hybridized carbons (Fsp3) is 0.364. The summed E-state index contributed by atoms with van der Waals surface area (Å²) < 4.78 is 28.6. The highest BCUT2D eigenvalue weighted by atomic mass is 79.9. The van der Waals surface area contributed by atoms with Gasteiger partial charge in [-0.05, 0) is 24.6 Å². The van der Waals surface area contributed by atoms with E-state index in [1.165, 1.54) is 19.1 Å². The molecule has 1 unspecified atom stereocenters. The zero-order valence-corrected chi connectivity index (χ0v) is 11.3. The number of ether oxygens (including phenoxy) is 1. The zero-order chi connectivity index (χ0) is 13.0. The number of hydrogen-bond acceptors (Lipinski definition) is 2. The van der Waals surface area contributed by atoms with Crippen molar-refractivity contribution in [3.8, 4) is 5.75 Å². The van der Waals surface area contributed by atoms with E-state index in [1.54, 1.807) is 6.07 Å². The fourth-order valence-electron chi connectivity index (χ4n) is 1.27. The van der Waals surface area contributed by atoms with E-state index in [0.29, 0.717) is 5.33 Å². The number of hydrogen-bond donors (Lipinski definition) is 0. The van der Waals surface area contributed by atoms with Gasteiger partial charge >= 0.3 is 6.61 Å². The van der Waals surface area contributed by atoms with Crippen LogP contribution in [0.1, 0.15) is 22.8 Å². The monoisotopic (exact) mass is 326 g/mol. The standard InChI is InChI=1S/C11H10BrClF2O2/c1-6(13)10(16)8-4-7(5-12)2-3-9(8)17-11(14)15/h2-4,6,11H,5H2,1H3. The van der Waals surface area contributed by atoms with Crippen LogP contribution in [0.2, 0.25) is 0 Å². The van der Waals surface area contributed by atoms with Crippen LogP contribution in [0.15, 0.2) is 18.2 Å². The predicted octanol–water partition coefficient (Wildman–Crippen LogP) is 3.99. The summed E-state index contributed by atoms with van der Waals surface area (Å²) in [7, 11) is 0. The van der Waals surface area contributed by atoms with Crippen LogP contribution < -0.4 is 4.74 Å². The molecule has 0 aliphatic carbocycles. The highest BCUT2D eigenvalue weighted by Crippen LogP contribution is 2.25. The van der Waals surface area contributed by atoms with Gasteiger partial charge in [-0.25, -0.2) is 0 Å². The van der Waals surface area contributed by atoms with Crippen LogP contribution in [-0.2, 0) is 5.33 Å².